The summed E-state index contributed by atoms with van der Waals surface area (Å²) in [5.74, 6) is 1.70. The van der Waals surface area contributed by atoms with Crippen LogP contribution >= 0.6 is 0 Å². The van der Waals surface area contributed by atoms with E-state index in [9.17, 15) is 12.8 Å². The van der Waals surface area contributed by atoms with Gasteiger partial charge < -0.3 is 15.4 Å². The SMILES string of the molecule is COc1ccc(F)cc1S(=O)(=O)Nc1ccc(Nc2cc(Nc3cc(C)ccn3)nc(C)n2)cc1. The normalized spacial score (nSPS) is 11.1. The summed E-state index contributed by atoms with van der Waals surface area (Å²) in [7, 11) is -2.75. The van der Waals surface area contributed by atoms with Gasteiger partial charge in [0.2, 0.25) is 0 Å². The van der Waals surface area contributed by atoms with Crippen LogP contribution in [-0.2, 0) is 10.0 Å². The van der Waals surface area contributed by atoms with E-state index in [0.717, 1.165) is 17.7 Å². The number of nitrogens with zero attached hydrogens (tertiary/aromatic N) is 3. The minimum absolute atomic E-state index is 0.0431. The smallest absolute Gasteiger partial charge is 0.265 e. The van der Waals surface area contributed by atoms with Crippen LogP contribution in [0.25, 0.3) is 0 Å². The maximum absolute atomic E-state index is 13.6. The lowest BCUT2D eigenvalue weighted by Crippen LogP contribution is -2.14. The van der Waals surface area contributed by atoms with Crippen LogP contribution in [0.2, 0.25) is 0 Å². The zero-order valence-corrected chi connectivity index (χ0v) is 20.0. The number of aromatic nitrogens is 3. The van der Waals surface area contributed by atoms with E-state index in [4.69, 9.17) is 4.74 Å². The Balaban J connectivity index is 1.49. The second-order valence-electron chi connectivity index (χ2n) is 7.63. The van der Waals surface area contributed by atoms with Crippen LogP contribution in [-0.4, -0.2) is 30.5 Å². The first-order valence-corrected chi connectivity index (χ1v) is 12.0. The molecule has 0 fully saturated rings. The highest BCUT2D eigenvalue weighted by Crippen LogP contribution is 2.27. The second-order valence-corrected chi connectivity index (χ2v) is 9.28. The van der Waals surface area contributed by atoms with Crippen molar-refractivity contribution in [3.8, 4) is 5.75 Å². The van der Waals surface area contributed by atoms with Gasteiger partial charge in [-0.25, -0.2) is 27.8 Å². The van der Waals surface area contributed by atoms with Gasteiger partial charge in [0, 0.05) is 23.6 Å². The van der Waals surface area contributed by atoms with Gasteiger partial charge in [0.25, 0.3) is 10.0 Å². The predicted octanol–water partition coefficient (Wildman–Crippen LogP) is 4.92. The third-order valence-electron chi connectivity index (χ3n) is 4.83. The molecule has 4 rings (SSSR count). The molecule has 2 aromatic heterocycles. The quantitative estimate of drug-likeness (QED) is 0.316. The van der Waals surface area contributed by atoms with E-state index < -0.39 is 15.8 Å². The van der Waals surface area contributed by atoms with Gasteiger partial charge in [-0.05, 0) is 74.0 Å². The first-order chi connectivity index (χ1) is 16.7. The van der Waals surface area contributed by atoms with E-state index in [0.29, 0.717) is 34.7 Å². The van der Waals surface area contributed by atoms with Gasteiger partial charge in [-0.3, -0.25) is 4.72 Å². The number of hydrogen-bond acceptors (Lipinski definition) is 8. The molecular formula is C24H23FN6O3S. The van der Waals surface area contributed by atoms with Crippen LogP contribution in [0.3, 0.4) is 0 Å². The average molecular weight is 495 g/mol. The maximum atomic E-state index is 13.6. The standard InChI is InChI=1S/C24H23FN6O3S/c1-15-10-11-26-22(12-15)30-24-14-23(27-16(2)28-24)29-18-5-7-19(8-6-18)31-35(32,33)21-13-17(25)4-9-20(21)34-3/h4-14,31H,1-3H3,(H2,26,27,28,29,30). The molecule has 0 radical (unpaired) electrons. The minimum Gasteiger partial charge on any atom is -0.495 e. The molecule has 0 aliphatic heterocycles. The van der Waals surface area contributed by atoms with Crippen molar-refractivity contribution in [2.75, 3.05) is 22.5 Å². The molecule has 0 amide bonds. The topological polar surface area (TPSA) is 118 Å². The number of nitrogens with one attached hydrogen (secondary N) is 3. The molecule has 4 aromatic rings. The van der Waals surface area contributed by atoms with Crippen LogP contribution < -0.4 is 20.1 Å². The second kappa shape index (κ2) is 9.94. The summed E-state index contributed by atoms with van der Waals surface area (Å²) in [6, 6.07) is 15.4. The zero-order chi connectivity index (χ0) is 25.0. The molecule has 0 bridgehead atoms. The van der Waals surface area contributed by atoms with E-state index in [1.54, 1.807) is 43.5 Å². The fourth-order valence-electron chi connectivity index (χ4n) is 3.27. The number of rotatable bonds is 8. The van der Waals surface area contributed by atoms with Gasteiger partial charge in [0.15, 0.2) is 0 Å². The number of sulfonamides is 1. The first kappa shape index (κ1) is 23.9. The highest BCUT2D eigenvalue weighted by atomic mass is 32.2. The Morgan fingerprint density at radius 1 is 0.829 bits per heavy atom. The van der Waals surface area contributed by atoms with Crippen molar-refractivity contribution in [1.29, 1.82) is 0 Å². The molecule has 0 unspecified atom stereocenters. The molecular weight excluding hydrogens is 471 g/mol. The van der Waals surface area contributed by atoms with E-state index in [2.05, 4.69) is 30.3 Å². The molecule has 2 aromatic carbocycles. The van der Waals surface area contributed by atoms with Gasteiger partial charge in [-0.2, -0.15) is 0 Å². The summed E-state index contributed by atoms with van der Waals surface area (Å²) in [5.41, 5.74) is 2.04. The Bertz CT molecular complexity index is 1460. The fraction of sp³-hybridized carbons (Fsp3) is 0.125. The van der Waals surface area contributed by atoms with Crippen molar-refractivity contribution >= 4 is 38.9 Å². The minimum atomic E-state index is -4.06. The molecule has 0 aliphatic rings. The van der Waals surface area contributed by atoms with E-state index in [1.807, 2.05) is 19.1 Å². The lowest BCUT2D eigenvalue weighted by Gasteiger charge is -2.13. The maximum Gasteiger partial charge on any atom is 0.265 e. The molecule has 35 heavy (non-hydrogen) atoms. The molecule has 9 nitrogen and oxygen atoms in total. The highest BCUT2D eigenvalue weighted by Gasteiger charge is 2.20. The van der Waals surface area contributed by atoms with E-state index in [1.165, 1.54) is 13.2 Å². The van der Waals surface area contributed by atoms with E-state index in [-0.39, 0.29) is 10.6 Å². The predicted molar refractivity (Wildman–Crippen MR) is 133 cm³/mol. The summed E-state index contributed by atoms with van der Waals surface area (Å²) >= 11 is 0. The Kier molecular flexibility index (Phi) is 6.78. The van der Waals surface area contributed by atoms with Crippen LogP contribution in [0.4, 0.5) is 33.2 Å². The molecule has 0 saturated carbocycles. The highest BCUT2D eigenvalue weighted by molar-refractivity contribution is 7.92. The molecule has 0 spiro atoms. The van der Waals surface area contributed by atoms with Crippen LogP contribution in [0.1, 0.15) is 11.4 Å². The molecule has 11 heteroatoms. The fourth-order valence-corrected chi connectivity index (χ4v) is 4.51. The summed E-state index contributed by atoms with van der Waals surface area (Å²) < 4.78 is 46.6. The monoisotopic (exact) mass is 494 g/mol. The van der Waals surface area contributed by atoms with Crippen molar-refractivity contribution in [2.45, 2.75) is 18.7 Å². The van der Waals surface area contributed by atoms with Crippen LogP contribution in [0, 0.1) is 19.7 Å². The van der Waals surface area contributed by atoms with E-state index >= 15 is 0 Å². The largest absolute Gasteiger partial charge is 0.495 e. The number of ether oxygens (including phenoxy) is 1. The number of hydrogen-bond donors (Lipinski definition) is 3. The molecule has 0 saturated heterocycles. The third-order valence-corrected chi connectivity index (χ3v) is 6.24. The molecule has 0 aliphatic carbocycles. The summed E-state index contributed by atoms with van der Waals surface area (Å²) in [6.45, 7) is 3.75. The summed E-state index contributed by atoms with van der Waals surface area (Å²) in [6.07, 6.45) is 1.71. The average Bonchev–Trinajstić information content (AvgIpc) is 2.80. The molecule has 2 heterocycles. The van der Waals surface area contributed by atoms with Crippen molar-refractivity contribution in [3.63, 3.8) is 0 Å². The molecule has 0 atom stereocenters. The summed E-state index contributed by atoms with van der Waals surface area (Å²) in [4.78, 5) is 12.8. The molecule has 3 N–H and O–H groups in total. The van der Waals surface area contributed by atoms with Crippen molar-refractivity contribution in [3.05, 3.63) is 84.1 Å². The Morgan fingerprint density at radius 2 is 1.51 bits per heavy atom. The number of methoxy groups -OCH3 is 1. The molecule has 180 valence electrons. The number of aryl methyl sites for hydroxylation is 2. The van der Waals surface area contributed by atoms with Crippen molar-refractivity contribution in [1.82, 2.24) is 15.0 Å². The van der Waals surface area contributed by atoms with Gasteiger partial charge in [-0.1, -0.05) is 0 Å². The van der Waals surface area contributed by atoms with Gasteiger partial charge in [0.05, 0.1) is 7.11 Å². The Morgan fingerprint density at radius 3 is 2.20 bits per heavy atom. The van der Waals surface area contributed by atoms with Gasteiger partial charge in [-0.15, -0.1) is 0 Å². The first-order valence-electron chi connectivity index (χ1n) is 10.5. The number of benzene rings is 2. The number of anilines is 5. The van der Waals surface area contributed by atoms with Gasteiger partial charge >= 0.3 is 0 Å². The van der Waals surface area contributed by atoms with Crippen LogP contribution in [0.15, 0.2) is 71.8 Å². The zero-order valence-electron chi connectivity index (χ0n) is 19.2. The Labute approximate surface area is 202 Å². The number of pyridine rings is 1. The Hall–Kier alpha value is -4.25. The van der Waals surface area contributed by atoms with Crippen LogP contribution in [0.5, 0.6) is 5.75 Å². The summed E-state index contributed by atoms with van der Waals surface area (Å²) in [5, 5.41) is 6.33. The third kappa shape index (κ3) is 6.01. The van der Waals surface area contributed by atoms with Gasteiger partial charge in [0.1, 0.15) is 39.7 Å². The van der Waals surface area contributed by atoms with Crippen molar-refractivity contribution < 1.29 is 17.5 Å². The lowest BCUT2D eigenvalue weighted by atomic mass is 10.3. The van der Waals surface area contributed by atoms with Crippen molar-refractivity contribution in [2.24, 2.45) is 0 Å². The lowest BCUT2D eigenvalue weighted by molar-refractivity contribution is 0.401. The number of halogens is 1.